The van der Waals surface area contributed by atoms with Crippen LogP contribution in [0.3, 0.4) is 0 Å². The van der Waals surface area contributed by atoms with Gasteiger partial charge < -0.3 is 0 Å². The van der Waals surface area contributed by atoms with Crippen molar-refractivity contribution in [3.8, 4) is 0 Å². The lowest BCUT2D eigenvalue weighted by Crippen LogP contribution is -2.67. The summed E-state index contributed by atoms with van der Waals surface area (Å²) < 4.78 is 0. The Labute approximate surface area is 85.0 Å². The Hall–Kier alpha value is -0.160. The fourth-order valence-electron chi connectivity index (χ4n) is 4.02. The van der Waals surface area contributed by atoms with Crippen molar-refractivity contribution in [2.45, 2.75) is 12.3 Å². The van der Waals surface area contributed by atoms with Crippen LogP contribution in [-0.2, 0) is 0 Å². The highest BCUT2D eigenvalue weighted by molar-refractivity contribution is 5.06. The number of hydrogen-bond acceptors (Lipinski definition) is 4. The first-order valence-corrected chi connectivity index (χ1v) is 5.92. The summed E-state index contributed by atoms with van der Waals surface area (Å²) in [7, 11) is 0. The van der Waals surface area contributed by atoms with Crippen molar-refractivity contribution in [3.05, 3.63) is 0 Å². The molecule has 4 aliphatic rings. The fourth-order valence-corrected chi connectivity index (χ4v) is 4.02. The molecule has 4 fully saturated rings. The van der Waals surface area contributed by atoms with E-state index in [0.717, 1.165) is 0 Å². The third-order valence-electron chi connectivity index (χ3n) is 4.47. The van der Waals surface area contributed by atoms with Gasteiger partial charge in [-0.15, -0.1) is 0 Å². The maximum absolute atomic E-state index is 2.70. The normalized spacial score (nSPS) is 37.7. The Morgan fingerprint density at radius 3 is 1.29 bits per heavy atom. The molecule has 0 amide bonds. The summed E-state index contributed by atoms with van der Waals surface area (Å²) in [6, 6.07) is 0. The molecule has 4 heterocycles. The fraction of sp³-hybridized carbons (Fsp3) is 1.00. The van der Waals surface area contributed by atoms with Crippen LogP contribution in [0.25, 0.3) is 0 Å². The lowest BCUT2D eigenvalue weighted by atomic mass is 10.2. The largest absolute Gasteiger partial charge is 0.258 e. The van der Waals surface area contributed by atoms with Gasteiger partial charge in [0.1, 0.15) is 0 Å². The van der Waals surface area contributed by atoms with Crippen molar-refractivity contribution in [1.29, 1.82) is 0 Å². The van der Waals surface area contributed by atoms with E-state index in [1.165, 1.54) is 58.8 Å². The molecule has 78 valence electrons. The molecule has 4 saturated heterocycles. The van der Waals surface area contributed by atoms with Crippen LogP contribution in [0.15, 0.2) is 0 Å². The van der Waals surface area contributed by atoms with E-state index in [0.29, 0.717) is 0 Å². The zero-order valence-electron chi connectivity index (χ0n) is 8.65. The zero-order chi connectivity index (χ0) is 9.17. The first-order chi connectivity index (χ1) is 6.92. The van der Waals surface area contributed by atoms with E-state index in [2.05, 4.69) is 19.6 Å². The first kappa shape index (κ1) is 8.05. The topological polar surface area (TPSA) is 13.0 Å². The standard InChI is InChI=1S/C10H18N4/c1-2-11-4-6-13-8-9-14-7-5-12(3-1)10(11,13)14/h1-9H2. The van der Waals surface area contributed by atoms with Crippen LogP contribution in [0.5, 0.6) is 0 Å². The smallest absolute Gasteiger partial charge is 0.192 e. The number of rotatable bonds is 0. The SMILES string of the molecule is C1CN2CCN3CCN4CCN(C1)C234. The average Bonchev–Trinajstić information content (AvgIpc) is 2.82. The van der Waals surface area contributed by atoms with Gasteiger partial charge in [-0.3, -0.25) is 19.6 Å². The molecule has 0 radical (unpaired) electrons. The molecular weight excluding hydrogens is 176 g/mol. The van der Waals surface area contributed by atoms with E-state index in [9.17, 15) is 0 Å². The molecule has 0 aromatic heterocycles. The summed E-state index contributed by atoms with van der Waals surface area (Å²) in [4.78, 5) is 10.8. The molecule has 0 unspecified atom stereocenters. The van der Waals surface area contributed by atoms with Crippen LogP contribution in [0, 0.1) is 0 Å². The van der Waals surface area contributed by atoms with Crippen LogP contribution in [0.4, 0.5) is 0 Å². The predicted molar refractivity (Wildman–Crippen MR) is 53.6 cm³/mol. The monoisotopic (exact) mass is 194 g/mol. The van der Waals surface area contributed by atoms with Crippen LogP contribution in [0.1, 0.15) is 6.42 Å². The molecule has 0 saturated carbocycles. The Bertz CT molecular complexity index is 237. The van der Waals surface area contributed by atoms with Crippen molar-refractivity contribution < 1.29 is 0 Å². The Morgan fingerprint density at radius 2 is 0.857 bits per heavy atom. The minimum atomic E-state index is 0.262. The summed E-state index contributed by atoms with van der Waals surface area (Å²) in [5.41, 5.74) is 0. The second kappa shape index (κ2) is 2.50. The molecule has 0 N–H and O–H groups in total. The van der Waals surface area contributed by atoms with Gasteiger partial charge in [0.15, 0.2) is 5.91 Å². The van der Waals surface area contributed by atoms with Crippen LogP contribution < -0.4 is 0 Å². The van der Waals surface area contributed by atoms with Gasteiger partial charge in [-0.1, -0.05) is 0 Å². The highest BCUT2D eigenvalue weighted by Crippen LogP contribution is 2.43. The molecule has 1 spiro atoms. The molecule has 0 aromatic rings. The van der Waals surface area contributed by atoms with Crippen molar-refractivity contribution >= 4 is 0 Å². The van der Waals surface area contributed by atoms with Gasteiger partial charge in [0.2, 0.25) is 0 Å². The highest BCUT2D eigenvalue weighted by atomic mass is 15.8. The minimum absolute atomic E-state index is 0.262. The molecule has 0 atom stereocenters. The van der Waals surface area contributed by atoms with Gasteiger partial charge in [0.25, 0.3) is 0 Å². The molecule has 0 aliphatic carbocycles. The quantitative estimate of drug-likeness (QED) is 0.503. The molecule has 4 rings (SSSR count). The molecular formula is C10H18N4. The van der Waals surface area contributed by atoms with Gasteiger partial charge in [-0.05, 0) is 6.42 Å². The molecule has 4 nitrogen and oxygen atoms in total. The van der Waals surface area contributed by atoms with Crippen LogP contribution in [0.2, 0.25) is 0 Å². The molecule has 0 aromatic carbocycles. The first-order valence-electron chi connectivity index (χ1n) is 5.92. The van der Waals surface area contributed by atoms with E-state index < -0.39 is 0 Å². The second-order valence-corrected chi connectivity index (χ2v) is 4.90. The number of hydrogen-bond donors (Lipinski definition) is 0. The summed E-state index contributed by atoms with van der Waals surface area (Å²) in [5, 5.41) is 0. The third-order valence-corrected chi connectivity index (χ3v) is 4.47. The minimum Gasteiger partial charge on any atom is -0.258 e. The second-order valence-electron chi connectivity index (χ2n) is 4.90. The molecule has 4 aliphatic heterocycles. The van der Waals surface area contributed by atoms with Gasteiger partial charge in [0, 0.05) is 52.4 Å². The summed E-state index contributed by atoms with van der Waals surface area (Å²) in [6.45, 7) is 10.3. The van der Waals surface area contributed by atoms with E-state index >= 15 is 0 Å². The molecule has 14 heavy (non-hydrogen) atoms. The van der Waals surface area contributed by atoms with Gasteiger partial charge in [-0.2, -0.15) is 0 Å². The maximum Gasteiger partial charge on any atom is 0.192 e. The Morgan fingerprint density at radius 1 is 0.500 bits per heavy atom. The average molecular weight is 194 g/mol. The molecule has 4 heteroatoms. The van der Waals surface area contributed by atoms with E-state index in [4.69, 9.17) is 0 Å². The van der Waals surface area contributed by atoms with Gasteiger partial charge >= 0.3 is 0 Å². The highest BCUT2D eigenvalue weighted by Gasteiger charge is 2.62. The zero-order valence-corrected chi connectivity index (χ0v) is 8.65. The lowest BCUT2D eigenvalue weighted by Gasteiger charge is -2.49. The Balaban J connectivity index is 1.84. The summed E-state index contributed by atoms with van der Waals surface area (Å²) in [5.74, 6) is 0.262. The van der Waals surface area contributed by atoms with Crippen LogP contribution in [-0.4, -0.2) is 77.9 Å². The third kappa shape index (κ3) is 0.692. The van der Waals surface area contributed by atoms with Crippen molar-refractivity contribution in [1.82, 2.24) is 19.6 Å². The van der Waals surface area contributed by atoms with E-state index in [1.54, 1.807) is 0 Å². The van der Waals surface area contributed by atoms with Crippen molar-refractivity contribution in [2.75, 3.05) is 52.4 Å². The summed E-state index contributed by atoms with van der Waals surface area (Å²) in [6.07, 6.45) is 1.36. The van der Waals surface area contributed by atoms with Gasteiger partial charge in [0.05, 0.1) is 0 Å². The van der Waals surface area contributed by atoms with Crippen LogP contribution >= 0.6 is 0 Å². The summed E-state index contributed by atoms with van der Waals surface area (Å²) >= 11 is 0. The Kier molecular flexibility index (Phi) is 1.44. The predicted octanol–water partition coefficient (Wildman–Crippen LogP) is -0.750. The van der Waals surface area contributed by atoms with Gasteiger partial charge in [-0.25, -0.2) is 0 Å². The lowest BCUT2D eigenvalue weighted by molar-refractivity contribution is -0.164. The number of nitrogens with zero attached hydrogens (tertiary/aromatic N) is 4. The van der Waals surface area contributed by atoms with E-state index in [-0.39, 0.29) is 5.91 Å². The van der Waals surface area contributed by atoms with Crippen molar-refractivity contribution in [2.24, 2.45) is 0 Å². The molecule has 0 bridgehead atoms. The van der Waals surface area contributed by atoms with Crippen molar-refractivity contribution in [3.63, 3.8) is 0 Å². The van der Waals surface area contributed by atoms with E-state index in [1.807, 2.05) is 0 Å². The maximum atomic E-state index is 2.70.